The summed E-state index contributed by atoms with van der Waals surface area (Å²) in [7, 11) is 0. The monoisotopic (exact) mass is 272 g/mol. The second-order valence-corrected chi connectivity index (χ2v) is 6.26. The Hall–Kier alpha value is -1.51. The van der Waals surface area contributed by atoms with Crippen LogP contribution in [0.2, 0.25) is 0 Å². The molecule has 3 nitrogen and oxygen atoms in total. The van der Waals surface area contributed by atoms with E-state index in [1.807, 2.05) is 18.2 Å². The minimum atomic E-state index is 0.0310. The summed E-state index contributed by atoms with van der Waals surface area (Å²) in [5, 5.41) is 6.57. The van der Waals surface area contributed by atoms with Gasteiger partial charge in [0.1, 0.15) is 0 Å². The molecule has 3 atom stereocenters. The van der Waals surface area contributed by atoms with Crippen molar-refractivity contribution in [2.24, 2.45) is 11.8 Å². The van der Waals surface area contributed by atoms with Crippen molar-refractivity contribution >= 4 is 11.6 Å². The average Bonchev–Trinajstić information content (AvgIpc) is 3.07. The van der Waals surface area contributed by atoms with Gasteiger partial charge in [-0.3, -0.25) is 4.79 Å². The minimum Gasteiger partial charge on any atom is -0.382 e. The molecule has 0 spiro atoms. The highest BCUT2D eigenvalue weighted by Gasteiger charge is 2.39. The number of hydrogen-bond acceptors (Lipinski definition) is 2. The predicted molar refractivity (Wildman–Crippen MR) is 81.9 cm³/mol. The number of fused-ring (bicyclic) bond motifs is 2. The Labute approximate surface area is 121 Å². The Morgan fingerprint density at radius 3 is 2.90 bits per heavy atom. The van der Waals surface area contributed by atoms with Crippen molar-refractivity contribution < 1.29 is 4.79 Å². The average molecular weight is 272 g/mol. The first kappa shape index (κ1) is 13.5. The summed E-state index contributed by atoms with van der Waals surface area (Å²) in [5.41, 5.74) is 1.85. The standard InChI is InChI=1S/C17H24N2O/c1-2-8-18-17(20)14-4-3-5-15(11-14)19-16-10-12-6-7-13(16)9-12/h3-5,11-13,16,19H,2,6-10H2,1H3,(H,18,20). The zero-order valence-corrected chi connectivity index (χ0v) is 12.2. The van der Waals surface area contributed by atoms with Crippen LogP contribution in [-0.2, 0) is 0 Å². The van der Waals surface area contributed by atoms with Crippen LogP contribution in [0, 0.1) is 11.8 Å². The van der Waals surface area contributed by atoms with Gasteiger partial charge in [0.25, 0.3) is 5.91 Å². The summed E-state index contributed by atoms with van der Waals surface area (Å²) in [6, 6.07) is 8.52. The van der Waals surface area contributed by atoms with Crippen molar-refractivity contribution in [1.82, 2.24) is 5.32 Å². The fourth-order valence-corrected chi connectivity index (χ4v) is 3.73. The molecule has 2 aliphatic rings. The van der Waals surface area contributed by atoms with E-state index in [2.05, 4.69) is 23.6 Å². The first-order valence-corrected chi connectivity index (χ1v) is 7.91. The zero-order chi connectivity index (χ0) is 13.9. The molecule has 0 aromatic heterocycles. The van der Waals surface area contributed by atoms with Crippen LogP contribution in [0.1, 0.15) is 49.4 Å². The van der Waals surface area contributed by atoms with Crippen molar-refractivity contribution in [2.75, 3.05) is 11.9 Å². The van der Waals surface area contributed by atoms with Gasteiger partial charge in [-0.05, 0) is 55.7 Å². The second-order valence-electron chi connectivity index (χ2n) is 6.26. The molecule has 1 aromatic carbocycles. The van der Waals surface area contributed by atoms with Crippen LogP contribution in [0.15, 0.2) is 24.3 Å². The third kappa shape index (κ3) is 2.82. The predicted octanol–water partition coefficient (Wildman–Crippen LogP) is 3.43. The van der Waals surface area contributed by atoms with E-state index in [4.69, 9.17) is 0 Å². The van der Waals surface area contributed by atoms with Crippen molar-refractivity contribution in [1.29, 1.82) is 0 Å². The number of rotatable bonds is 5. The molecule has 0 heterocycles. The molecule has 2 bridgehead atoms. The lowest BCUT2D eigenvalue weighted by Crippen LogP contribution is -2.26. The Bertz CT molecular complexity index is 486. The molecule has 0 aliphatic heterocycles. The zero-order valence-electron chi connectivity index (χ0n) is 12.2. The fraction of sp³-hybridized carbons (Fsp3) is 0.588. The number of nitrogens with one attached hydrogen (secondary N) is 2. The van der Waals surface area contributed by atoms with E-state index >= 15 is 0 Å². The number of anilines is 1. The molecule has 1 aromatic rings. The van der Waals surface area contributed by atoms with E-state index < -0.39 is 0 Å². The van der Waals surface area contributed by atoms with E-state index in [0.29, 0.717) is 6.04 Å². The van der Waals surface area contributed by atoms with E-state index in [1.54, 1.807) is 0 Å². The molecule has 3 heteroatoms. The van der Waals surface area contributed by atoms with Crippen molar-refractivity contribution in [3.63, 3.8) is 0 Å². The maximum absolute atomic E-state index is 12.0. The van der Waals surface area contributed by atoms with Gasteiger partial charge < -0.3 is 10.6 Å². The van der Waals surface area contributed by atoms with Gasteiger partial charge in [-0.2, -0.15) is 0 Å². The summed E-state index contributed by atoms with van der Waals surface area (Å²) in [6.45, 7) is 2.80. The topological polar surface area (TPSA) is 41.1 Å². The van der Waals surface area contributed by atoms with Gasteiger partial charge in [-0.1, -0.05) is 19.4 Å². The molecule has 20 heavy (non-hydrogen) atoms. The van der Waals surface area contributed by atoms with Crippen LogP contribution in [0.4, 0.5) is 5.69 Å². The third-order valence-corrected chi connectivity index (χ3v) is 4.75. The SMILES string of the molecule is CCCNC(=O)c1cccc(NC2CC3CCC2C3)c1. The highest BCUT2D eigenvalue weighted by atomic mass is 16.1. The van der Waals surface area contributed by atoms with Crippen molar-refractivity contribution in [3.05, 3.63) is 29.8 Å². The van der Waals surface area contributed by atoms with Crippen LogP contribution < -0.4 is 10.6 Å². The summed E-state index contributed by atoms with van der Waals surface area (Å²) in [4.78, 5) is 12.0. The Morgan fingerprint density at radius 2 is 2.20 bits per heavy atom. The number of amides is 1. The van der Waals surface area contributed by atoms with Crippen molar-refractivity contribution in [3.8, 4) is 0 Å². The minimum absolute atomic E-state index is 0.0310. The number of carbonyl (C=O) groups is 1. The molecule has 3 rings (SSSR count). The smallest absolute Gasteiger partial charge is 0.251 e. The van der Waals surface area contributed by atoms with Gasteiger partial charge in [0.05, 0.1) is 0 Å². The molecule has 2 saturated carbocycles. The first-order chi connectivity index (χ1) is 9.76. The van der Waals surface area contributed by atoms with Crippen LogP contribution in [0.3, 0.4) is 0 Å². The highest BCUT2D eigenvalue weighted by Crippen LogP contribution is 2.45. The van der Waals surface area contributed by atoms with Crippen LogP contribution in [0.5, 0.6) is 0 Å². The van der Waals surface area contributed by atoms with Gasteiger partial charge in [0.15, 0.2) is 0 Å². The van der Waals surface area contributed by atoms with Gasteiger partial charge in [0, 0.05) is 23.8 Å². The van der Waals surface area contributed by atoms with Gasteiger partial charge in [-0.15, -0.1) is 0 Å². The Balaban J connectivity index is 1.64. The second kappa shape index (κ2) is 5.86. The van der Waals surface area contributed by atoms with E-state index in [1.165, 1.54) is 25.7 Å². The molecule has 1 amide bonds. The Kier molecular flexibility index (Phi) is 3.95. The van der Waals surface area contributed by atoms with E-state index in [0.717, 1.165) is 36.1 Å². The summed E-state index contributed by atoms with van der Waals surface area (Å²) < 4.78 is 0. The number of carbonyl (C=O) groups excluding carboxylic acids is 1. The third-order valence-electron chi connectivity index (χ3n) is 4.75. The largest absolute Gasteiger partial charge is 0.382 e. The molecular weight excluding hydrogens is 248 g/mol. The molecule has 2 aliphatic carbocycles. The van der Waals surface area contributed by atoms with Gasteiger partial charge >= 0.3 is 0 Å². The highest BCUT2D eigenvalue weighted by molar-refractivity contribution is 5.95. The summed E-state index contributed by atoms with van der Waals surface area (Å²) in [5.74, 6) is 1.81. The molecule has 0 radical (unpaired) electrons. The molecule has 3 unspecified atom stereocenters. The van der Waals surface area contributed by atoms with E-state index in [9.17, 15) is 4.79 Å². The molecule has 108 valence electrons. The fourth-order valence-electron chi connectivity index (χ4n) is 3.73. The quantitative estimate of drug-likeness (QED) is 0.862. The van der Waals surface area contributed by atoms with Crippen LogP contribution >= 0.6 is 0 Å². The van der Waals surface area contributed by atoms with Crippen LogP contribution in [-0.4, -0.2) is 18.5 Å². The van der Waals surface area contributed by atoms with Gasteiger partial charge in [0.2, 0.25) is 0 Å². The van der Waals surface area contributed by atoms with Crippen molar-refractivity contribution in [2.45, 2.75) is 45.1 Å². The normalized spacial score (nSPS) is 27.6. The summed E-state index contributed by atoms with van der Waals surface area (Å²) in [6.07, 6.45) is 6.46. The molecule has 2 N–H and O–H groups in total. The summed E-state index contributed by atoms with van der Waals surface area (Å²) >= 11 is 0. The molecular formula is C17H24N2O. The maximum Gasteiger partial charge on any atom is 0.251 e. The molecule has 0 saturated heterocycles. The lowest BCUT2D eigenvalue weighted by molar-refractivity contribution is 0.0953. The van der Waals surface area contributed by atoms with Crippen LogP contribution in [0.25, 0.3) is 0 Å². The number of hydrogen-bond donors (Lipinski definition) is 2. The Morgan fingerprint density at radius 1 is 1.30 bits per heavy atom. The van der Waals surface area contributed by atoms with Gasteiger partial charge in [-0.25, -0.2) is 0 Å². The number of benzene rings is 1. The lowest BCUT2D eigenvalue weighted by Gasteiger charge is -2.24. The van der Waals surface area contributed by atoms with E-state index in [-0.39, 0.29) is 5.91 Å². The maximum atomic E-state index is 12.0. The molecule has 2 fully saturated rings. The lowest BCUT2D eigenvalue weighted by atomic mass is 9.95. The first-order valence-electron chi connectivity index (χ1n) is 7.91.